The third-order valence-corrected chi connectivity index (χ3v) is 1.29. The van der Waals surface area contributed by atoms with Crippen molar-refractivity contribution in [1.29, 1.82) is 0 Å². The third-order valence-electron chi connectivity index (χ3n) is 1.29. The molecule has 0 rings (SSSR count). The topological polar surface area (TPSA) is 0 Å². The molecule has 0 fully saturated rings. The fourth-order valence-corrected chi connectivity index (χ4v) is 0.267. The molecule has 0 unspecified atom stereocenters. The molecule has 0 aromatic rings. The summed E-state index contributed by atoms with van der Waals surface area (Å²) in [6, 6.07) is 0. The number of hydrogen-bond donors (Lipinski definition) is 0. The Hall–Kier alpha value is -0.145. The maximum atomic E-state index is 11.5. The van der Waals surface area contributed by atoms with Crippen molar-refractivity contribution in [3.8, 4) is 0 Å². The zero-order valence-electron chi connectivity index (χ0n) is 5.00. The van der Waals surface area contributed by atoms with Gasteiger partial charge in [0.2, 0.25) is 0 Å². The number of rotatable bonds is 2. The molecule has 50 valence electrons. The van der Waals surface area contributed by atoms with Gasteiger partial charge in [-0.05, 0) is 0 Å². The van der Waals surface area contributed by atoms with Gasteiger partial charge in [0.25, 0.3) is 0 Å². The second-order valence-corrected chi connectivity index (χ2v) is 2.01. The van der Waals surface area contributed by atoms with E-state index in [2.05, 4.69) is 0 Å². The molecule has 8 heavy (non-hydrogen) atoms. The highest BCUT2D eigenvalue weighted by molar-refractivity contribution is 6.60. The molecule has 0 saturated carbocycles. The molecule has 0 aromatic heterocycles. The Morgan fingerprint density at radius 3 is 1.75 bits per heavy atom. The summed E-state index contributed by atoms with van der Waals surface area (Å²) in [5, 5.41) is 0. The largest absolute Gasteiger partial charge is 0.481 e. The summed E-state index contributed by atoms with van der Waals surface area (Å²) >= 11 is 0. The second-order valence-electron chi connectivity index (χ2n) is 2.01. The molecular weight excluding hydrogens is 116 g/mol. The maximum absolute atomic E-state index is 11.5. The van der Waals surface area contributed by atoms with Gasteiger partial charge in [-0.3, -0.25) is 0 Å². The molecule has 0 N–H and O–H groups in total. The van der Waals surface area contributed by atoms with Crippen LogP contribution in [0.25, 0.3) is 0 Å². The first-order valence-electron chi connectivity index (χ1n) is 2.68. The fraction of sp³-hybridized carbons (Fsp3) is 1.00. The zero-order chi connectivity index (χ0) is 6.78. The summed E-state index contributed by atoms with van der Waals surface area (Å²) in [6.45, 7) is -1.81. The van der Waals surface area contributed by atoms with Gasteiger partial charge in [-0.15, -0.1) is 0 Å². The summed E-state index contributed by atoms with van der Waals surface area (Å²) < 4.78 is 34.5. The lowest BCUT2D eigenvalue weighted by Crippen LogP contribution is -2.20. The van der Waals surface area contributed by atoms with E-state index in [1.807, 2.05) is 0 Å². The number of halogens is 3. The highest BCUT2D eigenvalue weighted by Crippen LogP contribution is 2.27. The molecule has 0 aromatic carbocycles. The lowest BCUT2D eigenvalue weighted by molar-refractivity contribution is 0.435. The quantitative estimate of drug-likeness (QED) is 0.497. The lowest BCUT2D eigenvalue weighted by Gasteiger charge is -2.20. The van der Waals surface area contributed by atoms with Crippen LogP contribution in [0.2, 0.25) is 5.82 Å². The van der Waals surface area contributed by atoms with E-state index >= 15 is 0 Å². The van der Waals surface area contributed by atoms with E-state index in [9.17, 15) is 12.9 Å². The van der Waals surface area contributed by atoms with Gasteiger partial charge in [-0.25, -0.2) is 0 Å². The molecule has 0 aliphatic rings. The molecule has 0 spiro atoms. The Morgan fingerprint density at radius 1 is 1.38 bits per heavy atom. The molecule has 0 nitrogen and oxygen atoms in total. The van der Waals surface area contributed by atoms with Crippen molar-refractivity contribution < 1.29 is 12.9 Å². The van der Waals surface area contributed by atoms with Crippen LogP contribution in [0.5, 0.6) is 0 Å². The Bertz CT molecular complexity index is 68.2. The average Bonchev–Trinajstić information content (AvgIpc) is 1.62. The summed E-state index contributed by atoms with van der Waals surface area (Å²) in [6.07, 6.45) is 0.198. The van der Waals surface area contributed by atoms with E-state index in [0.717, 1.165) is 0 Å². The van der Waals surface area contributed by atoms with Crippen LogP contribution in [0, 0.1) is 0 Å². The van der Waals surface area contributed by atoms with Crippen molar-refractivity contribution in [3.63, 3.8) is 0 Å². The van der Waals surface area contributed by atoms with Crippen molar-refractivity contribution in [1.82, 2.24) is 0 Å². The maximum Gasteiger partial charge on any atom is 0.481 e. The van der Waals surface area contributed by atoms with E-state index in [1.54, 1.807) is 6.92 Å². The van der Waals surface area contributed by atoms with Gasteiger partial charge in [0.15, 0.2) is 0 Å². The lowest BCUT2D eigenvalue weighted by atomic mass is 9.73. The van der Waals surface area contributed by atoms with Gasteiger partial charge in [0.05, 0.1) is 0 Å². The molecule has 0 aliphatic carbocycles. The van der Waals surface area contributed by atoms with E-state index in [-0.39, 0.29) is 6.42 Å². The first-order chi connectivity index (χ1) is 3.48. The van der Waals surface area contributed by atoms with Crippen LogP contribution >= 0.6 is 0 Å². The molecule has 0 radical (unpaired) electrons. The van der Waals surface area contributed by atoms with Gasteiger partial charge < -0.3 is 12.9 Å². The molecule has 0 aliphatic heterocycles. The summed E-state index contributed by atoms with van der Waals surface area (Å²) in [5.74, 6) is -1.09. The standard InChI is InChI=1S/C4H9BF3/c1-3-4(2)5(6,7)8/h4H,3H2,1-2H3/q-1/t4-/m0/s1. The Labute approximate surface area is 47.1 Å². The monoisotopic (exact) mass is 125 g/mol. The highest BCUT2D eigenvalue weighted by atomic mass is 19.4. The minimum Gasteiger partial charge on any atom is -0.449 e. The van der Waals surface area contributed by atoms with Crippen molar-refractivity contribution >= 4 is 6.98 Å². The van der Waals surface area contributed by atoms with Crippen molar-refractivity contribution in [3.05, 3.63) is 0 Å². The molecule has 1 atom stereocenters. The van der Waals surface area contributed by atoms with Gasteiger partial charge in [-0.1, -0.05) is 26.1 Å². The zero-order valence-corrected chi connectivity index (χ0v) is 5.00. The summed E-state index contributed by atoms with van der Waals surface area (Å²) in [7, 11) is 0. The minimum atomic E-state index is -4.56. The normalized spacial score (nSPS) is 16.1. The third kappa shape index (κ3) is 2.24. The summed E-state index contributed by atoms with van der Waals surface area (Å²) in [5.41, 5.74) is 0. The fourth-order valence-electron chi connectivity index (χ4n) is 0.267. The van der Waals surface area contributed by atoms with Crippen LogP contribution < -0.4 is 0 Å². The molecule has 0 saturated heterocycles. The molecule has 4 heteroatoms. The van der Waals surface area contributed by atoms with Gasteiger partial charge in [0.1, 0.15) is 0 Å². The Balaban J connectivity index is 3.62. The smallest absolute Gasteiger partial charge is 0.449 e. The van der Waals surface area contributed by atoms with E-state index in [4.69, 9.17) is 0 Å². The van der Waals surface area contributed by atoms with Crippen molar-refractivity contribution in [2.45, 2.75) is 26.1 Å². The Kier molecular flexibility index (Phi) is 2.38. The average molecular weight is 125 g/mol. The van der Waals surface area contributed by atoms with Crippen molar-refractivity contribution in [2.24, 2.45) is 0 Å². The predicted octanol–water partition coefficient (Wildman–Crippen LogP) is 2.63. The van der Waals surface area contributed by atoms with Crippen LogP contribution in [0.3, 0.4) is 0 Å². The molecule has 0 bridgehead atoms. The van der Waals surface area contributed by atoms with Crippen LogP contribution in [0.15, 0.2) is 0 Å². The van der Waals surface area contributed by atoms with Crippen LogP contribution in [-0.2, 0) is 0 Å². The molecule has 0 amide bonds. The van der Waals surface area contributed by atoms with Crippen LogP contribution in [-0.4, -0.2) is 6.98 Å². The van der Waals surface area contributed by atoms with Crippen LogP contribution in [0.4, 0.5) is 12.9 Å². The second kappa shape index (κ2) is 2.42. The van der Waals surface area contributed by atoms with Gasteiger partial charge in [0, 0.05) is 0 Å². The minimum absolute atomic E-state index is 0.198. The van der Waals surface area contributed by atoms with Crippen molar-refractivity contribution in [2.75, 3.05) is 0 Å². The predicted molar refractivity (Wildman–Crippen MR) is 28.8 cm³/mol. The SMILES string of the molecule is CC[C@H](C)[B-](F)(F)F. The molecule has 0 heterocycles. The van der Waals surface area contributed by atoms with Crippen LogP contribution in [0.1, 0.15) is 20.3 Å². The van der Waals surface area contributed by atoms with E-state index < -0.39 is 12.8 Å². The number of hydrogen-bond acceptors (Lipinski definition) is 0. The summed E-state index contributed by atoms with van der Waals surface area (Å²) in [4.78, 5) is 0. The highest BCUT2D eigenvalue weighted by Gasteiger charge is 2.29. The first kappa shape index (κ1) is 7.85. The van der Waals surface area contributed by atoms with E-state index in [1.165, 1.54) is 6.92 Å². The van der Waals surface area contributed by atoms with Gasteiger partial charge in [-0.2, -0.15) is 0 Å². The van der Waals surface area contributed by atoms with Gasteiger partial charge >= 0.3 is 6.98 Å². The Morgan fingerprint density at radius 2 is 1.75 bits per heavy atom. The first-order valence-corrected chi connectivity index (χ1v) is 2.68. The van der Waals surface area contributed by atoms with E-state index in [0.29, 0.717) is 0 Å². The molecular formula is C4H9BF3-.